The lowest BCUT2D eigenvalue weighted by Crippen LogP contribution is -2.49. The quantitative estimate of drug-likeness (QED) is 0.541. The Morgan fingerprint density at radius 1 is 1.22 bits per heavy atom. The number of piperazine rings is 1. The maximum Gasteiger partial charge on any atom is 0.437 e. The second-order valence-electron chi connectivity index (χ2n) is 5.95. The highest BCUT2D eigenvalue weighted by Gasteiger charge is 2.23. The summed E-state index contributed by atoms with van der Waals surface area (Å²) in [7, 11) is 1.55. The number of guanidine groups is 1. The molecule has 4 N–H and O–H groups in total. The molecule has 9 nitrogen and oxygen atoms in total. The highest BCUT2D eigenvalue weighted by atomic mass is 19.1. The average molecular weight is 381 g/mol. The number of hydrogen-bond acceptors (Lipinski definition) is 5. The molecule has 1 saturated heterocycles. The van der Waals surface area contributed by atoms with Crippen LogP contribution in [-0.2, 0) is 20.9 Å². The largest absolute Gasteiger partial charge is 0.443 e. The van der Waals surface area contributed by atoms with E-state index in [-0.39, 0.29) is 18.1 Å². The molecule has 0 unspecified atom stereocenters. The number of nitrogens with two attached hydrogens (primary N) is 2. The zero-order valence-electron chi connectivity index (χ0n) is 15.2. The van der Waals surface area contributed by atoms with Gasteiger partial charge in [-0.1, -0.05) is 12.1 Å². The number of halogens is 1. The first-order valence-electron chi connectivity index (χ1n) is 8.47. The Bertz CT molecular complexity index is 701. The maximum atomic E-state index is 14.8. The Morgan fingerprint density at radius 2 is 1.93 bits per heavy atom. The van der Waals surface area contributed by atoms with Crippen LogP contribution in [0.4, 0.5) is 14.9 Å². The van der Waals surface area contributed by atoms with E-state index >= 15 is 0 Å². The highest BCUT2D eigenvalue weighted by molar-refractivity contribution is 5.87. The second kappa shape index (κ2) is 9.72. The summed E-state index contributed by atoms with van der Waals surface area (Å²) in [5, 5.41) is 0. The fraction of sp³-hybridized carbons (Fsp3) is 0.471. The average Bonchev–Trinajstić information content (AvgIpc) is 2.65. The minimum Gasteiger partial charge on any atom is -0.443 e. The normalized spacial score (nSPS) is 14.0. The van der Waals surface area contributed by atoms with Gasteiger partial charge >= 0.3 is 6.09 Å². The third kappa shape index (κ3) is 5.81. The number of amides is 2. The fourth-order valence-corrected chi connectivity index (χ4v) is 2.74. The Labute approximate surface area is 156 Å². The van der Waals surface area contributed by atoms with Gasteiger partial charge in [-0.2, -0.15) is 0 Å². The minimum atomic E-state index is -0.983. The van der Waals surface area contributed by atoms with Crippen molar-refractivity contribution < 1.29 is 23.5 Å². The summed E-state index contributed by atoms with van der Waals surface area (Å²) >= 11 is 0. The van der Waals surface area contributed by atoms with Crippen molar-refractivity contribution in [3.05, 3.63) is 29.6 Å². The number of methoxy groups -OCH3 is 1. The van der Waals surface area contributed by atoms with Crippen LogP contribution in [0.2, 0.25) is 0 Å². The molecule has 0 radical (unpaired) electrons. The topological polar surface area (TPSA) is 123 Å². The third-order valence-corrected chi connectivity index (χ3v) is 4.12. The van der Waals surface area contributed by atoms with Crippen molar-refractivity contribution in [2.75, 3.05) is 44.8 Å². The Kier molecular flexibility index (Phi) is 7.35. The summed E-state index contributed by atoms with van der Waals surface area (Å²) < 4.78 is 24.5. The molecule has 1 heterocycles. The van der Waals surface area contributed by atoms with Crippen molar-refractivity contribution in [1.82, 2.24) is 4.90 Å². The van der Waals surface area contributed by atoms with E-state index in [1.165, 1.54) is 6.07 Å². The van der Waals surface area contributed by atoms with Crippen molar-refractivity contribution >= 4 is 23.6 Å². The van der Waals surface area contributed by atoms with Gasteiger partial charge in [0.1, 0.15) is 6.61 Å². The number of anilines is 1. The van der Waals surface area contributed by atoms with Crippen molar-refractivity contribution in [3.8, 4) is 0 Å². The summed E-state index contributed by atoms with van der Waals surface area (Å²) in [4.78, 5) is 30.2. The Balaban J connectivity index is 1.97. The van der Waals surface area contributed by atoms with Gasteiger partial charge in [0.15, 0.2) is 11.8 Å². The molecule has 0 spiro atoms. The molecule has 1 aliphatic rings. The van der Waals surface area contributed by atoms with Crippen LogP contribution in [0.5, 0.6) is 0 Å². The van der Waals surface area contributed by atoms with E-state index in [0.29, 0.717) is 44.9 Å². The first kappa shape index (κ1) is 20.4. The van der Waals surface area contributed by atoms with Gasteiger partial charge in [0, 0.05) is 38.9 Å². The first-order chi connectivity index (χ1) is 12.9. The summed E-state index contributed by atoms with van der Waals surface area (Å²) in [6, 6.07) is 4.85. The summed E-state index contributed by atoms with van der Waals surface area (Å²) in [6.45, 7) is 2.12. The number of carbonyl (C=O) groups excluding carboxylic acids is 2. The second-order valence-corrected chi connectivity index (χ2v) is 5.95. The lowest BCUT2D eigenvalue weighted by Gasteiger charge is -2.36. The van der Waals surface area contributed by atoms with Crippen molar-refractivity contribution in [2.45, 2.75) is 13.0 Å². The summed E-state index contributed by atoms with van der Waals surface area (Å²) in [5.41, 5.74) is 10.8. The number of rotatable bonds is 6. The van der Waals surface area contributed by atoms with Gasteiger partial charge in [0.25, 0.3) is 0 Å². The number of carbonyl (C=O) groups is 2. The molecule has 1 fully saturated rings. The van der Waals surface area contributed by atoms with Crippen LogP contribution in [0.25, 0.3) is 0 Å². The summed E-state index contributed by atoms with van der Waals surface area (Å²) in [6.07, 6.45) is -0.649. The molecule has 0 saturated carbocycles. The van der Waals surface area contributed by atoms with E-state index in [1.54, 1.807) is 24.1 Å². The molecule has 2 rings (SSSR count). The number of hydrogen-bond donors (Lipinski definition) is 2. The zero-order valence-corrected chi connectivity index (χ0v) is 15.2. The van der Waals surface area contributed by atoms with Gasteiger partial charge in [-0.05, 0) is 6.07 Å². The molecule has 27 heavy (non-hydrogen) atoms. The molecular formula is C17H24FN5O4. The summed E-state index contributed by atoms with van der Waals surface area (Å²) in [5.74, 6) is -0.876. The molecule has 10 heteroatoms. The van der Waals surface area contributed by atoms with Gasteiger partial charge in [-0.15, -0.1) is 4.99 Å². The molecule has 0 aliphatic carbocycles. The molecule has 148 valence electrons. The van der Waals surface area contributed by atoms with Crippen LogP contribution in [0.15, 0.2) is 23.2 Å². The van der Waals surface area contributed by atoms with E-state index in [4.69, 9.17) is 20.9 Å². The van der Waals surface area contributed by atoms with Gasteiger partial charge in [0.05, 0.1) is 18.7 Å². The van der Waals surface area contributed by atoms with Gasteiger partial charge < -0.3 is 30.7 Å². The number of aliphatic imine (C=N–C) groups is 1. The molecule has 1 aromatic carbocycles. The number of nitrogens with zero attached hydrogens (tertiary/aromatic N) is 3. The smallest absolute Gasteiger partial charge is 0.437 e. The van der Waals surface area contributed by atoms with Gasteiger partial charge in [0.2, 0.25) is 5.91 Å². The van der Waals surface area contributed by atoms with Crippen LogP contribution in [0, 0.1) is 5.82 Å². The van der Waals surface area contributed by atoms with Crippen molar-refractivity contribution in [3.63, 3.8) is 0 Å². The SMILES string of the molecule is COCCC(=O)N1CCN(c2cccc(COC(=O)N=C(N)N)c2F)CC1. The van der Waals surface area contributed by atoms with Crippen LogP contribution < -0.4 is 16.4 Å². The predicted molar refractivity (Wildman–Crippen MR) is 97.7 cm³/mol. The van der Waals surface area contributed by atoms with Crippen LogP contribution in [0.1, 0.15) is 12.0 Å². The fourth-order valence-electron chi connectivity index (χ4n) is 2.74. The lowest BCUT2D eigenvalue weighted by molar-refractivity contribution is -0.132. The minimum absolute atomic E-state index is 0.0253. The monoisotopic (exact) mass is 381 g/mol. The standard InChI is InChI=1S/C17H24FN5O4/c1-26-10-5-14(24)23-8-6-22(7-9-23)13-4-2-3-12(15(13)18)11-27-17(25)21-16(19)20/h2-4H,5-11H2,1H3,(H4,19,20,21,25). The van der Waals surface area contributed by atoms with Crippen LogP contribution in [-0.4, -0.2) is 62.8 Å². The van der Waals surface area contributed by atoms with E-state index in [2.05, 4.69) is 4.99 Å². The molecule has 0 aromatic heterocycles. The molecule has 1 aliphatic heterocycles. The number of benzene rings is 1. The molecule has 0 atom stereocenters. The highest BCUT2D eigenvalue weighted by Crippen LogP contribution is 2.24. The van der Waals surface area contributed by atoms with Crippen LogP contribution >= 0.6 is 0 Å². The lowest BCUT2D eigenvalue weighted by atomic mass is 10.1. The number of ether oxygens (including phenoxy) is 2. The predicted octanol–water partition coefficient (Wildman–Crippen LogP) is 0.421. The zero-order chi connectivity index (χ0) is 19.8. The van der Waals surface area contributed by atoms with Crippen LogP contribution in [0.3, 0.4) is 0 Å². The molecule has 1 aromatic rings. The third-order valence-electron chi connectivity index (χ3n) is 4.12. The molecule has 2 amide bonds. The molecular weight excluding hydrogens is 357 g/mol. The van der Waals surface area contributed by atoms with E-state index < -0.39 is 17.9 Å². The van der Waals surface area contributed by atoms with Crippen molar-refractivity contribution in [1.29, 1.82) is 0 Å². The molecule has 0 bridgehead atoms. The Morgan fingerprint density at radius 3 is 2.56 bits per heavy atom. The van der Waals surface area contributed by atoms with E-state index in [9.17, 15) is 14.0 Å². The van der Waals surface area contributed by atoms with E-state index in [0.717, 1.165) is 0 Å². The first-order valence-corrected chi connectivity index (χ1v) is 8.47. The Hall–Kier alpha value is -2.88. The van der Waals surface area contributed by atoms with Gasteiger partial charge in [-0.3, -0.25) is 4.79 Å². The maximum absolute atomic E-state index is 14.8. The van der Waals surface area contributed by atoms with E-state index in [1.807, 2.05) is 4.90 Å². The van der Waals surface area contributed by atoms with Crippen molar-refractivity contribution in [2.24, 2.45) is 16.5 Å². The van der Waals surface area contributed by atoms with Gasteiger partial charge in [-0.25, -0.2) is 9.18 Å².